The van der Waals surface area contributed by atoms with Crippen molar-refractivity contribution in [3.63, 3.8) is 0 Å². The Morgan fingerprint density at radius 1 is 1.19 bits per heavy atom. The molecule has 0 bridgehead atoms. The lowest BCUT2D eigenvalue weighted by Gasteiger charge is -2.30. The monoisotopic (exact) mass is 428 g/mol. The highest BCUT2D eigenvalue weighted by Gasteiger charge is 2.34. The van der Waals surface area contributed by atoms with Gasteiger partial charge in [-0.15, -0.1) is 0 Å². The predicted octanol–water partition coefficient (Wildman–Crippen LogP) is 3.48. The smallest absolute Gasteiger partial charge is 0.322 e. The maximum Gasteiger partial charge on any atom is 0.322 e. The lowest BCUT2D eigenvalue weighted by Crippen LogP contribution is -2.48. The minimum Gasteiger partial charge on any atom is -0.497 e. The van der Waals surface area contributed by atoms with Gasteiger partial charge < -0.3 is 29.2 Å². The number of methoxy groups -OCH3 is 2. The molecule has 1 aliphatic rings. The predicted molar refractivity (Wildman–Crippen MR) is 119 cm³/mol. The highest BCUT2D eigenvalue weighted by Crippen LogP contribution is 2.30. The number of rotatable bonds is 9. The molecule has 1 N–H and O–H groups in total. The van der Waals surface area contributed by atoms with Gasteiger partial charge in [0, 0.05) is 37.1 Å². The summed E-state index contributed by atoms with van der Waals surface area (Å²) < 4.78 is 12.6. The standard InChI is InChI=1S/C23H32N4O4/c1-16(2)26(23(29)24-20-11-10-19(30-4)13-21(20)31-5)15-22(28)27(17-8-9-17)14-18-7-6-12-25(18)3/h6-7,10-13,16-17H,8-9,14-15H2,1-5H3,(H,24,29). The highest BCUT2D eigenvalue weighted by molar-refractivity contribution is 5.94. The number of benzene rings is 1. The molecule has 0 spiro atoms. The van der Waals surface area contributed by atoms with Crippen LogP contribution < -0.4 is 14.8 Å². The molecule has 31 heavy (non-hydrogen) atoms. The molecule has 1 aromatic heterocycles. The SMILES string of the molecule is COc1ccc(NC(=O)N(CC(=O)N(Cc2cccn2C)C2CC2)C(C)C)c(OC)c1. The van der Waals surface area contributed by atoms with E-state index >= 15 is 0 Å². The van der Waals surface area contributed by atoms with Gasteiger partial charge in [0.15, 0.2) is 0 Å². The number of carbonyl (C=O) groups excluding carboxylic acids is 2. The Morgan fingerprint density at radius 3 is 2.48 bits per heavy atom. The Kier molecular flexibility index (Phi) is 7.09. The third-order valence-corrected chi connectivity index (χ3v) is 5.53. The quantitative estimate of drug-likeness (QED) is 0.664. The van der Waals surface area contributed by atoms with Crippen molar-refractivity contribution in [2.45, 2.75) is 45.3 Å². The topological polar surface area (TPSA) is 76.0 Å². The van der Waals surface area contributed by atoms with Crippen molar-refractivity contribution in [1.29, 1.82) is 0 Å². The fraction of sp³-hybridized carbons (Fsp3) is 0.478. The normalized spacial score (nSPS) is 13.1. The summed E-state index contributed by atoms with van der Waals surface area (Å²) in [5.41, 5.74) is 1.60. The van der Waals surface area contributed by atoms with E-state index in [0.717, 1.165) is 18.5 Å². The van der Waals surface area contributed by atoms with Crippen LogP contribution in [0.3, 0.4) is 0 Å². The summed E-state index contributed by atoms with van der Waals surface area (Å²) >= 11 is 0. The van der Waals surface area contributed by atoms with E-state index in [2.05, 4.69) is 5.32 Å². The first-order valence-corrected chi connectivity index (χ1v) is 10.5. The van der Waals surface area contributed by atoms with Gasteiger partial charge in [0.1, 0.15) is 18.0 Å². The molecule has 0 radical (unpaired) electrons. The van der Waals surface area contributed by atoms with E-state index in [9.17, 15) is 9.59 Å². The van der Waals surface area contributed by atoms with Crippen LogP contribution in [0.15, 0.2) is 36.5 Å². The van der Waals surface area contributed by atoms with E-state index in [-0.39, 0.29) is 30.6 Å². The van der Waals surface area contributed by atoms with E-state index in [4.69, 9.17) is 9.47 Å². The van der Waals surface area contributed by atoms with Gasteiger partial charge in [-0.2, -0.15) is 0 Å². The van der Waals surface area contributed by atoms with Crippen LogP contribution in [0.25, 0.3) is 0 Å². The average molecular weight is 429 g/mol. The van der Waals surface area contributed by atoms with Crippen LogP contribution >= 0.6 is 0 Å². The zero-order chi connectivity index (χ0) is 22.5. The largest absolute Gasteiger partial charge is 0.497 e. The first-order chi connectivity index (χ1) is 14.8. The van der Waals surface area contributed by atoms with Crippen molar-refractivity contribution in [3.8, 4) is 11.5 Å². The number of anilines is 1. The van der Waals surface area contributed by atoms with Crippen molar-refractivity contribution < 1.29 is 19.1 Å². The van der Waals surface area contributed by atoms with E-state index in [0.29, 0.717) is 23.7 Å². The van der Waals surface area contributed by atoms with Gasteiger partial charge in [0.05, 0.1) is 26.5 Å². The molecule has 1 heterocycles. The van der Waals surface area contributed by atoms with Gasteiger partial charge >= 0.3 is 6.03 Å². The number of nitrogens with zero attached hydrogens (tertiary/aromatic N) is 3. The molecule has 0 unspecified atom stereocenters. The Hall–Kier alpha value is -3.16. The molecular weight excluding hydrogens is 396 g/mol. The fourth-order valence-corrected chi connectivity index (χ4v) is 3.46. The van der Waals surface area contributed by atoms with E-state index in [1.807, 2.05) is 48.7 Å². The molecule has 0 saturated heterocycles. The molecule has 168 valence electrons. The summed E-state index contributed by atoms with van der Waals surface area (Å²) in [6.07, 6.45) is 3.99. The molecule has 2 aromatic rings. The van der Waals surface area contributed by atoms with Crippen molar-refractivity contribution in [2.75, 3.05) is 26.1 Å². The number of ether oxygens (including phenoxy) is 2. The minimum absolute atomic E-state index is 0.0168. The zero-order valence-corrected chi connectivity index (χ0v) is 18.9. The maximum atomic E-state index is 13.2. The maximum absolute atomic E-state index is 13.2. The number of carbonyl (C=O) groups is 2. The summed E-state index contributed by atoms with van der Waals surface area (Å²) in [6, 6.07) is 8.92. The summed E-state index contributed by atoms with van der Waals surface area (Å²) in [5, 5.41) is 2.87. The Bertz CT molecular complexity index is 920. The first-order valence-electron chi connectivity index (χ1n) is 10.5. The van der Waals surface area contributed by atoms with Gasteiger partial charge in [0.2, 0.25) is 5.91 Å². The first kappa shape index (κ1) is 22.5. The van der Waals surface area contributed by atoms with Crippen LogP contribution in [-0.2, 0) is 18.4 Å². The summed E-state index contributed by atoms with van der Waals surface area (Å²) in [4.78, 5) is 29.7. The molecule has 0 aliphatic heterocycles. The van der Waals surface area contributed by atoms with E-state index in [1.165, 1.54) is 7.11 Å². The van der Waals surface area contributed by atoms with Crippen LogP contribution in [-0.4, -0.2) is 59.2 Å². The van der Waals surface area contributed by atoms with Crippen molar-refractivity contribution in [3.05, 3.63) is 42.2 Å². The molecule has 1 aromatic carbocycles. The minimum atomic E-state index is -0.346. The average Bonchev–Trinajstić information content (AvgIpc) is 3.51. The number of amides is 3. The lowest BCUT2D eigenvalue weighted by molar-refractivity contribution is -0.133. The Balaban J connectivity index is 1.71. The van der Waals surface area contributed by atoms with Gasteiger partial charge in [-0.05, 0) is 51.0 Å². The van der Waals surface area contributed by atoms with Gasteiger partial charge in [-0.1, -0.05) is 0 Å². The van der Waals surface area contributed by atoms with Crippen molar-refractivity contribution in [1.82, 2.24) is 14.4 Å². The van der Waals surface area contributed by atoms with Crippen LogP contribution in [0, 0.1) is 0 Å². The molecule has 1 fully saturated rings. The van der Waals surface area contributed by atoms with Crippen molar-refractivity contribution >= 4 is 17.6 Å². The second kappa shape index (κ2) is 9.76. The Morgan fingerprint density at radius 2 is 1.94 bits per heavy atom. The van der Waals surface area contributed by atoms with Gasteiger partial charge in [-0.3, -0.25) is 4.79 Å². The number of hydrogen-bond acceptors (Lipinski definition) is 4. The van der Waals surface area contributed by atoms with Gasteiger partial charge in [0.25, 0.3) is 0 Å². The number of aromatic nitrogens is 1. The van der Waals surface area contributed by atoms with Crippen LogP contribution in [0.5, 0.6) is 11.5 Å². The summed E-state index contributed by atoms with van der Waals surface area (Å²) in [7, 11) is 5.08. The van der Waals surface area contributed by atoms with Crippen molar-refractivity contribution in [2.24, 2.45) is 7.05 Å². The summed E-state index contributed by atoms with van der Waals surface area (Å²) in [6.45, 7) is 4.36. The number of aryl methyl sites for hydroxylation is 1. The van der Waals surface area contributed by atoms with E-state index in [1.54, 1.807) is 30.2 Å². The summed E-state index contributed by atoms with van der Waals surface area (Å²) in [5.74, 6) is 1.08. The molecule has 8 heteroatoms. The number of hydrogen-bond donors (Lipinski definition) is 1. The second-order valence-electron chi connectivity index (χ2n) is 8.08. The molecule has 3 amide bonds. The molecule has 8 nitrogen and oxygen atoms in total. The molecule has 3 rings (SSSR count). The fourth-order valence-electron chi connectivity index (χ4n) is 3.46. The third-order valence-electron chi connectivity index (χ3n) is 5.53. The number of nitrogens with one attached hydrogen (secondary N) is 1. The number of urea groups is 1. The highest BCUT2D eigenvalue weighted by atomic mass is 16.5. The zero-order valence-electron chi connectivity index (χ0n) is 18.9. The Labute approximate surface area is 183 Å². The van der Waals surface area contributed by atoms with E-state index < -0.39 is 0 Å². The lowest BCUT2D eigenvalue weighted by atomic mass is 10.2. The molecule has 0 atom stereocenters. The van der Waals surface area contributed by atoms with Gasteiger partial charge in [-0.25, -0.2) is 4.79 Å². The second-order valence-corrected chi connectivity index (χ2v) is 8.08. The molecule has 1 saturated carbocycles. The third kappa shape index (κ3) is 5.51. The van der Waals surface area contributed by atoms with Crippen LogP contribution in [0.1, 0.15) is 32.4 Å². The van der Waals surface area contributed by atoms with Crippen LogP contribution in [0.2, 0.25) is 0 Å². The van der Waals surface area contributed by atoms with Crippen LogP contribution in [0.4, 0.5) is 10.5 Å². The molecule has 1 aliphatic carbocycles. The molecular formula is C23H32N4O4.